The minimum absolute atomic E-state index is 0.464. The first-order chi connectivity index (χ1) is 23.8. The van der Waals surface area contributed by atoms with Crippen LogP contribution in [0.4, 0.5) is 0 Å². The molecule has 0 saturated carbocycles. The average Bonchev–Trinajstić information content (AvgIpc) is 3.09. The van der Waals surface area contributed by atoms with Crippen molar-refractivity contribution in [2.75, 3.05) is 0 Å². The van der Waals surface area contributed by atoms with E-state index in [9.17, 15) is 0 Å². The second-order valence-corrected chi connectivity index (χ2v) is 16.5. The Labute approximate surface area is 307 Å². The lowest BCUT2D eigenvalue weighted by atomic mass is 10.00. The van der Waals surface area contributed by atoms with Crippen LogP contribution in [0, 0.1) is 0 Å². The van der Waals surface area contributed by atoms with Crippen molar-refractivity contribution >= 4 is 0 Å². The van der Waals surface area contributed by atoms with Crippen LogP contribution < -0.4 is 5.73 Å². The van der Waals surface area contributed by atoms with Gasteiger partial charge in [0, 0.05) is 6.04 Å². The fraction of sp³-hybridized carbons (Fsp3) is 1.00. The summed E-state index contributed by atoms with van der Waals surface area (Å²) < 4.78 is 0. The fourth-order valence-corrected chi connectivity index (χ4v) is 7.82. The SMILES string of the molecule is CCCCCCCCCCCCCCCCCCCCCCCC(N)CCCCCCCCCCCCCCCCCCCCCCC. The van der Waals surface area contributed by atoms with Gasteiger partial charge in [0.05, 0.1) is 0 Å². The zero-order valence-electron chi connectivity index (χ0n) is 34.3. The summed E-state index contributed by atoms with van der Waals surface area (Å²) in [6, 6.07) is 0.464. The Bertz CT molecular complexity index is 483. The summed E-state index contributed by atoms with van der Waals surface area (Å²) in [5.74, 6) is 0. The molecule has 0 spiro atoms. The second kappa shape index (κ2) is 45.0. The Hall–Kier alpha value is -0.0400. The first-order valence-corrected chi connectivity index (χ1v) is 23.6. The number of nitrogens with two attached hydrogens (primary N) is 1. The Morgan fingerprint density at radius 2 is 0.333 bits per heavy atom. The summed E-state index contributed by atoms with van der Waals surface area (Å²) in [6.45, 7) is 4.62. The van der Waals surface area contributed by atoms with Crippen molar-refractivity contribution in [3.05, 3.63) is 0 Å². The maximum absolute atomic E-state index is 6.44. The summed E-state index contributed by atoms with van der Waals surface area (Å²) in [4.78, 5) is 0. The summed E-state index contributed by atoms with van der Waals surface area (Å²) >= 11 is 0. The summed E-state index contributed by atoms with van der Waals surface area (Å²) in [5, 5.41) is 0. The zero-order chi connectivity index (χ0) is 34.7. The van der Waals surface area contributed by atoms with Crippen LogP contribution >= 0.6 is 0 Å². The van der Waals surface area contributed by atoms with Gasteiger partial charge in [-0.15, -0.1) is 0 Å². The summed E-state index contributed by atoms with van der Waals surface area (Å²) in [6.07, 6.45) is 63.8. The molecule has 0 unspecified atom stereocenters. The number of unbranched alkanes of at least 4 members (excludes halogenated alkanes) is 40. The van der Waals surface area contributed by atoms with Gasteiger partial charge in [-0.05, 0) is 12.8 Å². The molecule has 0 aromatic rings. The van der Waals surface area contributed by atoms with Crippen LogP contribution in [0.25, 0.3) is 0 Å². The molecule has 0 rings (SSSR count). The van der Waals surface area contributed by atoms with Crippen LogP contribution in [0.1, 0.15) is 296 Å². The molecule has 0 aromatic heterocycles. The Morgan fingerprint density at radius 1 is 0.208 bits per heavy atom. The van der Waals surface area contributed by atoms with Gasteiger partial charge in [-0.3, -0.25) is 0 Å². The van der Waals surface area contributed by atoms with Crippen LogP contribution in [0.5, 0.6) is 0 Å². The maximum atomic E-state index is 6.44. The van der Waals surface area contributed by atoms with Gasteiger partial charge < -0.3 is 5.73 Å². The van der Waals surface area contributed by atoms with Gasteiger partial charge in [0.15, 0.2) is 0 Å². The zero-order valence-corrected chi connectivity index (χ0v) is 34.3. The predicted molar refractivity (Wildman–Crippen MR) is 222 cm³/mol. The smallest absolute Gasteiger partial charge is 0.00388 e. The van der Waals surface area contributed by atoms with E-state index in [4.69, 9.17) is 5.73 Å². The number of rotatable bonds is 44. The average molecular weight is 676 g/mol. The highest BCUT2D eigenvalue weighted by Gasteiger charge is 2.03. The molecular formula is C47H97N. The molecule has 0 fully saturated rings. The van der Waals surface area contributed by atoms with Crippen molar-refractivity contribution in [3.8, 4) is 0 Å². The first-order valence-electron chi connectivity index (χ1n) is 23.6. The molecule has 1 heteroatoms. The third-order valence-corrected chi connectivity index (χ3v) is 11.4. The van der Waals surface area contributed by atoms with Crippen LogP contribution in [-0.4, -0.2) is 6.04 Å². The molecule has 48 heavy (non-hydrogen) atoms. The predicted octanol–water partition coefficient (Wildman–Crippen LogP) is 17.5. The van der Waals surface area contributed by atoms with E-state index in [1.165, 1.54) is 283 Å². The Kier molecular flexibility index (Phi) is 44.9. The van der Waals surface area contributed by atoms with Crippen molar-refractivity contribution in [2.45, 2.75) is 302 Å². The molecule has 0 bridgehead atoms. The third kappa shape index (κ3) is 44.0. The van der Waals surface area contributed by atoms with E-state index < -0.39 is 0 Å². The number of hydrogen-bond donors (Lipinski definition) is 1. The lowest BCUT2D eigenvalue weighted by Gasteiger charge is -2.11. The molecule has 2 N–H and O–H groups in total. The van der Waals surface area contributed by atoms with E-state index in [2.05, 4.69) is 13.8 Å². The molecule has 0 aliphatic carbocycles. The summed E-state index contributed by atoms with van der Waals surface area (Å²) in [5.41, 5.74) is 6.44. The molecule has 0 aliphatic rings. The second-order valence-electron chi connectivity index (χ2n) is 16.5. The van der Waals surface area contributed by atoms with E-state index in [1.807, 2.05) is 0 Å². The molecule has 0 radical (unpaired) electrons. The van der Waals surface area contributed by atoms with Gasteiger partial charge in [-0.25, -0.2) is 0 Å². The topological polar surface area (TPSA) is 26.0 Å². The van der Waals surface area contributed by atoms with Gasteiger partial charge in [0.1, 0.15) is 0 Å². The quantitative estimate of drug-likeness (QED) is 0.0639. The highest BCUT2D eigenvalue weighted by Crippen LogP contribution is 2.18. The Balaban J connectivity index is 3.14. The van der Waals surface area contributed by atoms with Crippen molar-refractivity contribution < 1.29 is 0 Å². The maximum Gasteiger partial charge on any atom is 0.00388 e. The number of hydrogen-bond acceptors (Lipinski definition) is 1. The van der Waals surface area contributed by atoms with Crippen molar-refractivity contribution in [2.24, 2.45) is 5.73 Å². The monoisotopic (exact) mass is 676 g/mol. The molecule has 0 aromatic carbocycles. The molecule has 0 saturated heterocycles. The van der Waals surface area contributed by atoms with Crippen molar-refractivity contribution in [3.63, 3.8) is 0 Å². The van der Waals surface area contributed by atoms with Crippen LogP contribution in [0.3, 0.4) is 0 Å². The third-order valence-electron chi connectivity index (χ3n) is 11.4. The molecule has 1 nitrogen and oxygen atoms in total. The van der Waals surface area contributed by atoms with Gasteiger partial charge in [0.25, 0.3) is 0 Å². The van der Waals surface area contributed by atoms with Crippen LogP contribution in [0.2, 0.25) is 0 Å². The molecule has 0 amide bonds. The molecule has 290 valence electrons. The van der Waals surface area contributed by atoms with E-state index in [-0.39, 0.29) is 0 Å². The van der Waals surface area contributed by atoms with Crippen molar-refractivity contribution in [1.29, 1.82) is 0 Å². The Morgan fingerprint density at radius 3 is 0.479 bits per heavy atom. The van der Waals surface area contributed by atoms with Gasteiger partial charge >= 0.3 is 0 Å². The molecular weight excluding hydrogens is 579 g/mol. The minimum Gasteiger partial charge on any atom is -0.328 e. The lowest BCUT2D eigenvalue weighted by Crippen LogP contribution is -2.19. The van der Waals surface area contributed by atoms with Crippen LogP contribution in [-0.2, 0) is 0 Å². The fourth-order valence-electron chi connectivity index (χ4n) is 7.82. The van der Waals surface area contributed by atoms with Crippen LogP contribution in [0.15, 0.2) is 0 Å². The standard InChI is InChI=1S/C47H97N/c1-3-5-7-9-11-13-15-17-19-21-23-25-27-29-31-33-35-37-39-41-43-45-47(48)46-44-42-40-38-36-34-32-30-28-26-24-22-20-18-16-14-12-10-8-6-4-2/h47H,3-46,48H2,1-2H3. The van der Waals surface area contributed by atoms with Gasteiger partial charge in [0.2, 0.25) is 0 Å². The van der Waals surface area contributed by atoms with Crippen molar-refractivity contribution in [1.82, 2.24) is 0 Å². The van der Waals surface area contributed by atoms with E-state index >= 15 is 0 Å². The van der Waals surface area contributed by atoms with E-state index in [1.54, 1.807) is 0 Å². The lowest BCUT2D eigenvalue weighted by molar-refractivity contribution is 0.477. The van der Waals surface area contributed by atoms with E-state index in [0.29, 0.717) is 6.04 Å². The highest BCUT2D eigenvalue weighted by molar-refractivity contribution is 4.62. The largest absolute Gasteiger partial charge is 0.328 e. The highest BCUT2D eigenvalue weighted by atomic mass is 14.6. The molecule has 0 heterocycles. The minimum atomic E-state index is 0.464. The normalized spacial score (nSPS) is 11.8. The molecule has 0 aliphatic heterocycles. The van der Waals surface area contributed by atoms with Gasteiger partial charge in [-0.2, -0.15) is 0 Å². The van der Waals surface area contributed by atoms with E-state index in [0.717, 1.165) is 0 Å². The first kappa shape index (κ1) is 48.0. The molecule has 0 atom stereocenters. The van der Waals surface area contributed by atoms with Gasteiger partial charge in [-0.1, -0.05) is 284 Å². The summed E-state index contributed by atoms with van der Waals surface area (Å²) in [7, 11) is 0.